The molecule has 2 heterocycles. The first-order chi connectivity index (χ1) is 12.4. The molecule has 1 aromatic heterocycles. The summed E-state index contributed by atoms with van der Waals surface area (Å²) in [7, 11) is 0. The zero-order chi connectivity index (χ0) is 18.7. The monoisotopic (exact) mass is 358 g/mol. The molecule has 140 valence electrons. The highest BCUT2D eigenvalue weighted by Crippen LogP contribution is 2.28. The van der Waals surface area contributed by atoms with Gasteiger partial charge in [0.2, 0.25) is 17.8 Å². The molecule has 26 heavy (non-hydrogen) atoms. The average Bonchev–Trinajstić information content (AvgIpc) is 2.98. The standard InChI is InChI=1S/C19H26N4O3/c1-19(2,3)23-15-7-5-4-6-14(15)20-18(23)21-16(24)8-9-17(25)22-10-12-26-13-11-22/h4-7H,8-13H2,1-3H3,(H,20,21,24). The Kier molecular flexibility index (Phi) is 5.27. The molecule has 1 saturated heterocycles. The molecule has 1 N–H and O–H groups in total. The summed E-state index contributed by atoms with van der Waals surface area (Å²) in [6, 6.07) is 7.80. The second-order valence-electron chi connectivity index (χ2n) is 7.47. The van der Waals surface area contributed by atoms with Crippen molar-refractivity contribution >= 4 is 28.8 Å². The summed E-state index contributed by atoms with van der Waals surface area (Å²) >= 11 is 0. The van der Waals surface area contributed by atoms with Crippen molar-refractivity contribution in [1.82, 2.24) is 14.5 Å². The maximum atomic E-state index is 12.4. The van der Waals surface area contributed by atoms with Crippen LogP contribution < -0.4 is 5.32 Å². The fourth-order valence-corrected chi connectivity index (χ4v) is 3.17. The number of morpholine rings is 1. The Bertz CT molecular complexity index is 801. The van der Waals surface area contributed by atoms with Gasteiger partial charge in [-0.1, -0.05) is 12.1 Å². The normalized spacial score (nSPS) is 15.3. The van der Waals surface area contributed by atoms with Crippen molar-refractivity contribution in [3.05, 3.63) is 24.3 Å². The molecule has 0 bridgehead atoms. The molecule has 0 aliphatic carbocycles. The highest BCUT2D eigenvalue weighted by molar-refractivity contribution is 5.93. The summed E-state index contributed by atoms with van der Waals surface area (Å²) in [4.78, 5) is 30.9. The number of rotatable bonds is 4. The number of benzene rings is 1. The minimum Gasteiger partial charge on any atom is -0.378 e. The van der Waals surface area contributed by atoms with Crippen molar-refractivity contribution in [3.63, 3.8) is 0 Å². The first-order valence-corrected chi connectivity index (χ1v) is 8.99. The highest BCUT2D eigenvalue weighted by atomic mass is 16.5. The molecular formula is C19H26N4O3. The van der Waals surface area contributed by atoms with E-state index >= 15 is 0 Å². The van der Waals surface area contributed by atoms with Gasteiger partial charge in [-0.15, -0.1) is 0 Å². The van der Waals surface area contributed by atoms with Gasteiger partial charge in [0.05, 0.1) is 24.2 Å². The molecule has 0 radical (unpaired) electrons. The lowest BCUT2D eigenvalue weighted by Crippen LogP contribution is -2.40. The molecule has 1 aliphatic rings. The largest absolute Gasteiger partial charge is 0.378 e. The Morgan fingerprint density at radius 2 is 1.85 bits per heavy atom. The Balaban J connectivity index is 1.68. The summed E-state index contributed by atoms with van der Waals surface area (Å²) in [6.45, 7) is 8.53. The van der Waals surface area contributed by atoms with Crippen molar-refractivity contribution in [2.75, 3.05) is 31.6 Å². The summed E-state index contributed by atoms with van der Waals surface area (Å²) in [5.41, 5.74) is 1.57. The SMILES string of the molecule is CC(C)(C)n1c(NC(=O)CCC(=O)N2CCOCC2)nc2ccccc21. The number of nitrogens with zero attached hydrogens (tertiary/aromatic N) is 3. The lowest BCUT2D eigenvalue weighted by molar-refractivity contribution is -0.136. The van der Waals surface area contributed by atoms with E-state index in [2.05, 4.69) is 31.1 Å². The number of aromatic nitrogens is 2. The molecule has 0 unspecified atom stereocenters. The first kappa shape index (κ1) is 18.4. The molecule has 1 fully saturated rings. The summed E-state index contributed by atoms with van der Waals surface area (Å²) in [5.74, 6) is 0.308. The van der Waals surface area contributed by atoms with Gasteiger partial charge in [-0.2, -0.15) is 0 Å². The Morgan fingerprint density at radius 1 is 1.15 bits per heavy atom. The van der Waals surface area contributed by atoms with Gasteiger partial charge in [-0.25, -0.2) is 4.98 Å². The van der Waals surface area contributed by atoms with Crippen LogP contribution in [-0.4, -0.2) is 52.6 Å². The molecule has 1 aromatic carbocycles. The zero-order valence-corrected chi connectivity index (χ0v) is 15.6. The topological polar surface area (TPSA) is 76.5 Å². The van der Waals surface area contributed by atoms with Crippen LogP contribution >= 0.6 is 0 Å². The zero-order valence-electron chi connectivity index (χ0n) is 15.6. The number of fused-ring (bicyclic) bond motifs is 1. The average molecular weight is 358 g/mol. The van der Waals surface area contributed by atoms with Crippen molar-refractivity contribution in [1.29, 1.82) is 0 Å². The minimum absolute atomic E-state index is 0.00669. The number of carbonyl (C=O) groups excluding carboxylic acids is 2. The Hall–Kier alpha value is -2.41. The van der Waals surface area contributed by atoms with E-state index in [0.717, 1.165) is 11.0 Å². The number of para-hydroxylation sites is 2. The molecule has 3 rings (SSSR count). The first-order valence-electron chi connectivity index (χ1n) is 8.99. The fourth-order valence-electron chi connectivity index (χ4n) is 3.17. The van der Waals surface area contributed by atoms with Gasteiger partial charge in [0, 0.05) is 31.5 Å². The second-order valence-corrected chi connectivity index (χ2v) is 7.47. The predicted octanol–water partition coefficient (Wildman–Crippen LogP) is 2.37. The quantitative estimate of drug-likeness (QED) is 0.910. The lowest BCUT2D eigenvalue weighted by Gasteiger charge is -2.27. The summed E-state index contributed by atoms with van der Waals surface area (Å²) < 4.78 is 7.26. The minimum atomic E-state index is -0.234. The third-order valence-corrected chi connectivity index (χ3v) is 4.41. The van der Waals surface area contributed by atoms with Crippen LogP contribution in [0.15, 0.2) is 24.3 Å². The number of amides is 2. The van der Waals surface area contributed by atoms with Crippen molar-refractivity contribution < 1.29 is 14.3 Å². The van der Waals surface area contributed by atoms with Crippen LogP contribution in [0.4, 0.5) is 5.95 Å². The molecule has 0 atom stereocenters. The van der Waals surface area contributed by atoms with Gasteiger partial charge in [-0.3, -0.25) is 14.9 Å². The maximum absolute atomic E-state index is 12.4. The van der Waals surface area contributed by atoms with E-state index in [1.807, 2.05) is 28.8 Å². The molecule has 0 saturated carbocycles. The molecule has 0 spiro atoms. The molecule has 2 aromatic rings. The molecule has 1 aliphatic heterocycles. The van der Waals surface area contributed by atoms with E-state index in [-0.39, 0.29) is 30.2 Å². The van der Waals surface area contributed by atoms with Gasteiger partial charge in [-0.05, 0) is 32.9 Å². The van der Waals surface area contributed by atoms with Crippen LogP contribution in [0.3, 0.4) is 0 Å². The van der Waals surface area contributed by atoms with Crippen molar-refractivity contribution in [2.24, 2.45) is 0 Å². The molecule has 2 amide bonds. The number of nitrogens with one attached hydrogen (secondary N) is 1. The molecule has 7 nitrogen and oxygen atoms in total. The lowest BCUT2D eigenvalue weighted by atomic mass is 10.1. The van der Waals surface area contributed by atoms with Crippen LogP contribution in [0.5, 0.6) is 0 Å². The number of hydrogen-bond donors (Lipinski definition) is 1. The number of carbonyl (C=O) groups is 2. The van der Waals surface area contributed by atoms with E-state index in [0.29, 0.717) is 32.3 Å². The number of anilines is 1. The smallest absolute Gasteiger partial charge is 0.227 e. The van der Waals surface area contributed by atoms with E-state index < -0.39 is 0 Å². The third-order valence-electron chi connectivity index (χ3n) is 4.41. The predicted molar refractivity (Wildman–Crippen MR) is 100.0 cm³/mol. The van der Waals surface area contributed by atoms with Crippen LogP contribution in [0, 0.1) is 0 Å². The van der Waals surface area contributed by atoms with Crippen molar-refractivity contribution in [3.8, 4) is 0 Å². The van der Waals surface area contributed by atoms with E-state index in [1.165, 1.54) is 0 Å². The van der Waals surface area contributed by atoms with E-state index in [9.17, 15) is 9.59 Å². The number of imidazole rings is 1. The molecule has 7 heteroatoms. The van der Waals surface area contributed by atoms with Crippen LogP contribution in [0.2, 0.25) is 0 Å². The van der Waals surface area contributed by atoms with Crippen LogP contribution in [0.1, 0.15) is 33.6 Å². The summed E-state index contributed by atoms with van der Waals surface area (Å²) in [6.07, 6.45) is 0.338. The maximum Gasteiger partial charge on any atom is 0.227 e. The Labute approximate surface area is 153 Å². The van der Waals surface area contributed by atoms with E-state index in [4.69, 9.17) is 4.74 Å². The van der Waals surface area contributed by atoms with Gasteiger partial charge in [0.25, 0.3) is 0 Å². The Morgan fingerprint density at radius 3 is 2.54 bits per heavy atom. The van der Waals surface area contributed by atoms with Gasteiger partial charge < -0.3 is 14.2 Å². The van der Waals surface area contributed by atoms with Gasteiger partial charge >= 0.3 is 0 Å². The summed E-state index contributed by atoms with van der Waals surface area (Å²) in [5, 5.41) is 2.88. The molecular weight excluding hydrogens is 332 g/mol. The van der Waals surface area contributed by atoms with Crippen LogP contribution in [-0.2, 0) is 19.9 Å². The second kappa shape index (κ2) is 7.45. The fraction of sp³-hybridized carbons (Fsp3) is 0.526. The van der Waals surface area contributed by atoms with Gasteiger partial charge in [0.15, 0.2) is 0 Å². The van der Waals surface area contributed by atoms with Gasteiger partial charge in [0.1, 0.15) is 0 Å². The number of hydrogen-bond acceptors (Lipinski definition) is 4. The van der Waals surface area contributed by atoms with E-state index in [1.54, 1.807) is 4.90 Å². The van der Waals surface area contributed by atoms with Crippen molar-refractivity contribution in [2.45, 2.75) is 39.2 Å². The van der Waals surface area contributed by atoms with Crippen LogP contribution in [0.25, 0.3) is 11.0 Å². The highest BCUT2D eigenvalue weighted by Gasteiger charge is 2.23. The third kappa shape index (κ3) is 4.04. The number of ether oxygens (including phenoxy) is 1.